The van der Waals surface area contributed by atoms with Crippen LogP contribution in [0.5, 0.6) is 0 Å². The van der Waals surface area contributed by atoms with Gasteiger partial charge in [-0.1, -0.05) is 19.1 Å². The number of morpholine rings is 1. The third-order valence-electron chi connectivity index (χ3n) is 8.36. The van der Waals surface area contributed by atoms with E-state index in [9.17, 15) is 0 Å². The van der Waals surface area contributed by atoms with Crippen molar-refractivity contribution < 1.29 is 4.74 Å². The number of rotatable bonds is 5. The maximum Gasteiger partial charge on any atom is 0.161 e. The molecule has 5 heterocycles. The Morgan fingerprint density at radius 2 is 1.82 bits per heavy atom. The molecule has 2 aliphatic heterocycles. The van der Waals surface area contributed by atoms with E-state index in [1.54, 1.807) is 12.4 Å². The molecule has 7 rings (SSSR count). The van der Waals surface area contributed by atoms with Gasteiger partial charge in [0, 0.05) is 42.9 Å². The molecule has 0 bridgehead atoms. The van der Waals surface area contributed by atoms with Crippen LogP contribution >= 0.6 is 0 Å². The number of anilines is 2. The minimum Gasteiger partial charge on any atom is -0.383 e. The summed E-state index contributed by atoms with van der Waals surface area (Å²) in [5, 5.41) is 0. The Morgan fingerprint density at radius 3 is 2.55 bits per heavy atom. The van der Waals surface area contributed by atoms with Crippen LogP contribution in [0.3, 0.4) is 0 Å². The van der Waals surface area contributed by atoms with Gasteiger partial charge in [-0.3, -0.25) is 9.55 Å². The van der Waals surface area contributed by atoms with Crippen LogP contribution in [0.15, 0.2) is 60.0 Å². The van der Waals surface area contributed by atoms with Crippen LogP contribution < -0.4 is 16.4 Å². The van der Waals surface area contributed by atoms with Crippen molar-refractivity contribution in [2.75, 3.05) is 36.9 Å². The number of ether oxygens (including phenoxy) is 1. The molecular weight excluding hydrogens is 502 g/mol. The smallest absolute Gasteiger partial charge is 0.161 e. The van der Waals surface area contributed by atoms with Crippen molar-refractivity contribution in [3.8, 4) is 17.1 Å². The first-order valence-corrected chi connectivity index (χ1v) is 14.0. The van der Waals surface area contributed by atoms with E-state index in [0.29, 0.717) is 19.0 Å². The minimum absolute atomic E-state index is 0.113. The number of nitrogens with two attached hydrogens (primary N) is 2. The molecule has 204 valence electrons. The molecule has 10 nitrogen and oxygen atoms in total. The molecule has 1 aromatic carbocycles. The predicted octanol–water partition coefficient (Wildman–Crippen LogP) is 3.79. The summed E-state index contributed by atoms with van der Waals surface area (Å²) in [5.41, 5.74) is 18.2. The SMILES string of the molecule is CC1Cc2nc(-c3cccnc3N)n(-c3ccc(C4(N)CCC4)cc3)c2N=C1c1cncc(N2CCOCC2)n1. The molecular formula is C30H33N9O. The first-order valence-electron chi connectivity index (χ1n) is 14.0. The summed E-state index contributed by atoms with van der Waals surface area (Å²) in [6.07, 6.45) is 9.24. The summed E-state index contributed by atoms with van der Waals surface area (Å²) < 4.78 is 7.60. The number of imidazole rings is 1. The number of benzene rings is 1. The van der Waals surface area contributed by atoms with Crippen molar-refractivity contribution in [2.24, 2.45) is 16.6 Å². The summed E-state index contributed by atoms with van der Waals surface area (Å²) in [6.45, 7) is 5.14. The Kier molecular flexibility index (Phi) is 6.09. The van der Waals surface area contributed by atoms with Crippen LogP contribution in [0, 0.1) is 5.92 Å². The lowest BCUT2D eigenvalue weighted by molar-refractivity contribution is 0.122. The molecule has 0 radical (unpaired) electrons. The highest BCUT2D eigenvalue weighted by Gasteiger charge is 2.34. The monoisotopic (exact) mass is 535 g/mol. The quantitative estimate of drug-likeness (QED) is 0.394. The second-order valence-electron chi connectivity index (χ2n) is 11.0. The van der Waals surface area contributed by atoms with Gasteiger partial charge >= 0.3 is 0 Å². The molecule has 1 saturated carbocycles. The highest BCUT2D eigenvalue weighted by molar-refractivity contribution is 6.03. The number of pyridine rings is 1. The Hall–Kier alpha value is -4.15. The summed E-state index contributed by atoms with van der Waals surface area (Å²) in [5.74, 6) is 2.89. The van der Waals surface area contributed by atoms with Gasteiger partial charge in [-0.2, -0.15) is 0 Å². The number of hydrogen-bond acceptors (Lipinski definition) is 9. The summed E-state index contributed by atoms with van der Waals surface area (Å²) in [4.78, 5) is 26.4. The van der Waals surface area contributed by atoms with E-state index in [-0.39, 0.29) is 11.5 Å². The summed E-state index contributed by atoms with van der Waals surface area (Å²) in [7, 11) is 0. The van der Waals surface area contributed by atoms with Crippen molar-refractivity contribution in [3.63, 3.8) is 0 Å². The molecule has 1 atom stereocenters. The second kappa shape index (κ2) is 9.79. The van der Waals surface area contributed by atoms with E-state index in [1.807, 2.05) is 18.3 Å². The number of fused-ring (bicyclic) bond motifs is 1. The summed E-state index contributed by atoms with van der Waals surface area (Å²) >= 11 is 0. The Bertz CT molecular complexity index is 1580. The van der Waals surface area contributed by atoms with Crippen LogP contribution in [0.4, 0.5) is 17.5 Å². The third-order valence-corrected chi connectivity index (χ3v) is 8.36. The molecule has 3 aromatic heterocycles. The molecule has 1 aliphatic carbocycles. The number of nitrogens with zero attached hydrogens (tertiary/aromatic N) is 7. The van der Waals surface area contributed by atoms with Gasteiger partial charge in [-0.15, -0.1) is 0 Å². The van der Waals surface area contributed by atoms with Gasteiger partial charge in [-0.05, 0) is 49.1 Å². The second-order valence-corrected chi connectivity index (χ2v) is 11.0. The highest BCUT2D eigenvalue weighted by Crippen LogP contribution is 2.41. The molecule has 3 aliphatic rings. The lowest BCUT2D eigenvalue weighted by atomic mass is 9.73. The fourth-order valence-electron chi connectivity index (χ4n) is 5.87. The summed E-state index contributed by atoms with van der Waals surface area (Å²) in [6, 6.07) is 12.3. The van der Waals surface area contributed by atoms with Crippen molar-refractivity contribution in [1.29, 1.82) is 0 Å². The largest absolute Gasteiger partial charge is 0.383 e. The van der Waals surface area contributed by atoms with E-state index >= 15 is 0 Å². The molecule has 10 heteroatoms. The fraction of sp³-hybridized carbons (Fsp3) is 0.367. The number of aromatic nitrogens is 5. The molecule has 0 amide bonds. The average molecular weight is 536 g/mol. The van der Waals surface area contributed by atoms with Crippen molar-refractivity contribution in [1.82, 2.24) is 24.5 Å². The van der Waals surface area contributed by atoms with Crippen molar-refractivity contribution in [3.05, 3.63) is 71.9 Å². The van der Waals surface area contributed by atoms with Gasteiger partial charge in [0.1, 0.15) is 23.2 Å². The molecule has 2 fully saturated rings. The topological polar surface area (TPSA) is 133 Å². The zero-order chi connectivity index (χ0) is 27.3. The normalized spacial score (nSPS) is 20.0. The van der Waals surface area contributed by atoms with Crippen LogP contribution in [0.2, 0.25) is 0 Å². The first-order chi connectivity index (χ1) is 19.5. The number of hydrogen-bond donors (Lipinski definition) is 2. The Labute approximate surface area is 233 Å². The third kappa shape index (κ3) is 4.24. The standard InChI is InChI=1S/C30H33N9O/c1-19-16-23-29(37-26(19)24-17-33-18-25(35-24)38-12-14-40-15-13-38)39(28(36-23)22-4-2-11-34-27(22)31)21-7-5-20(6-8-21)30(32)9-3-10-30/h2,4-8,11,17-19H,3,9-10,12-16,32H2,1H3,(H2,31,34). The van der Waals surface area contributed by atoms with Gasteiger partial charge in [0.2, 0.25) is 0 Å². The van der Waals surface area contributed by atoms with Crippen LogP contribution in [0.1, 0.15) is 43.1 Å². The molecule has 1 saturated heterocycles. The minimum atomic E-state index is -0.228. The van der Waals surface area contributed by atoms with Gasteiger partial charge in [0.05, 0.1) is 42.6 Å². The number of nitrogen functional groups attached to an aromatic ring is 1. The van der Waals surface area contributed by atoms with Crippen LogP contribution in [-0.2, 0) is 16.7 Å². The molecule has 1 unspecified atom stereocenters. The maximum atomic E-state index is 6.62. The highest BCUT2D eigenvalue weighted by atomic mass is 16.5. The van der Waals surface area contributed by atoms with E-state index in [1.165, 1.54) is 6.42 Å². The number of aliphatic imine (C=N–C) groups is 1. The van der Waals surface area contributed by atoms with Crippen LogP contribution in [0.25, 0.3) is 17.1 Å². The van der Waals surface area contributed by atoms with E-state index in [4.69, 9.17) is 31.2 Å². The molecule has 4 aromatic rings. The lowest BCUT2D eigenvalue weighted by Crippen LogP contribution is -2.43. The van der Waals surface area contributed by atoms with E-state index in [2.05, 4.69) is 50.6 Å². The van der Waals surface area contributed by atoms with E-state index in [0.717, 1.165) is 83.7 Å². The predicted molar refractivity (Wildman–Crippen MR) is 155 cm³/mol. The first kappa shape index (κ1) is 24.9. The van der Waals surface area contributed by atoms with Crippen molar-refractivity contribution >= 4 is 23.2 Å². The van der Waals surface area contributed by atoms with Crippen molar-refractivity contribution in [2.45, 2.75) is 38.1 Å². The maximum absolute atomic E-state index is 6.62. The Morgan fingerprint density at radius 1 is 1.02 bits per heavy atom. The Balaban J connectivity index is 1.35. The zero-order valence-corrected chi connectivity index (χ0v) is 22.6. The van der Waals surface area contributed by atoms with Gasteiger partial charge in [0.15, 0.2) is 5.82 Å². The van der Waals surface area contributed by atoms with Gasteiger partial charge in [0.25, 0.3) is 0 Å². The fourth-order valence-corrected chi connectivity index (χ4v) is 5.87. The molecule has 4 N–H and O–H groups in total. The zero-order valence-electron chi connectivity index (χ0n) is 22.6. The van der Waals surface area contributed by atoms with Gasteiger partial charge < -0.3 is 21.1 Å². The van der Waals surface area contributed by atoms with E-state index < -0.39 is 0 Å². The van der Waals surface area contributed by atoms with Crippen LogP contribution in [-0.4, -0.2) is 56.5 Å². The average Bonchev–Trinajstić information content (AvgIpc) is 3.34. The molecule has 40 heavy (non-hydrogen) atoms. The molecule has 0 spiro atoms. The lowest BCUT2D eigenvalue weighted by Gasteiger charge is -2.38. The van der Waals surface area contributed by atoms with Gasteiger partial charge in [-0.25, -0.2) is 19.9 Å².